The zero-order valence-corrected chi connectivity index (χ0v) is 20.5. The van der Waals surface area contributed by atoms with Crippen LogP contribution >= 0.6 is 0 Å². The Hall–Kier alpha value is -4.07. The molecule has 3 rings (SSSR count). The maximum absolute atomic E-state index is 12.8. The first-order valence-corrected chi connectivity index (χ1v) is 11.0. The molecule has 0 aliphatic carbocycles. The molecule has 1 aliphatic rings. The van der Waals surface area contributed by atoms with E-state index in [-0.39, 0.29) is 5.91 Å². The SMILES string of the molecule is C/C=C(/N=C(/C=C(\C)NC(=O)c1ccc(OC)c(OC)c1)n1cccn1)C1=CC=CCO1.CC. The highest BCUT2D eigenvalue weighted by Crippen LogP contribution is 2.27. The van der Waals surface area contributed by atoms with E-state index < -0.39 is 0 Å². The van der Waals surface area contributed by atoms with Gasteiger partial charge in [0.1, 0.15) is 18.1 Å². The molecule has 1 N–H and O–H groups in total. The molecular weight excluding hydrogens is 432 g/mol. The first-order valence-electron chi connectivity index (χ1n) is 11.0. The molecule has 8 nitrogen and oxygen atoms in total. The Morgan fingerprint density at radius 3 is 2.59 bits per heavy atom. The number of methoxy groups -OCH3 is 2. The molecule has 1 aliphatic heterocycles. The van der Waals surface area contributed by atoms with Crippen LogP contribution in [0.5, 0.6) is 11.5 Å². The lowest BCUT2D eigenvalue weighted by molar-refractivity contribution is 0.0965. The summed E-state index contributed by atoms with van der Waals surface area (Å²) in [6.45, 7) is 8.16. The Balaban J connectivity index is 0.00000199. The number of allylic oxidation sites excluding steroid dienone is 5. The minimum absolute atomic E-state index is 0.283. The number of nitrogens with one attached hydrogen (secondary N) is 1. The van der Waals surface area contributed by atoms with E-state index in [1.54, 1.807) is 61.5 Å². The van der Waals surface area contributed by atoms with Crippen molar-refractivity contribution in [2.75, 3.05) is 20.8 Å². The minimum Gasteiger partial charge on any atom is -0.493 e. The first-order chi connectivity index (χ1) is 16.5. The van der Waals surface area contributed by atoms with Crippen molar-refractivity contribution in [3.8, 4) is 11.5 Å². The van der Waals surface area contributed by atoms with Gasteiger partial charge < -0.3 is 19.5 Å². The number of ether oxygens (including phenoxy) is 3. The summed E-state index contributed by atoms with van der Waals surface area (Å²) < 4.78 is 17.8. The average Bonchev–Trinajstić information content (AvgIpc) is 3.42. The number of carbonyl (C=O) groups excluding carboxylic acids is 1. The second-order valence-electron chi connectivity index (χ2n) is 6.72. The molecule has 1 aromatic carbocycles. The van der Waals surface area contributed by atoms with Crippen LogP contribution in [0.3, 0.4) is 0 Å². The number of rotatable bonds is 7. The summed E-state index contributed by atoms with van der Waals surface area (Å²) in [5.41, 5.74) is 1.69. The van der Waals surface area contributed by atoms with Crippen LogP contribution in [0.1, 0.15) is 38.1 Å². The molecule has 0 atom stereocenters. The normalized spacial score (nSPS) is 13.8. The van der Waals surface area contributed by atoms with Crippen LogP contribution < -0.4 is 14.8 Å². The van der Waals surface area contributed by atoms with Crippen LogP contribution in [-0.2, 0) is 4.74 Å². The quantitative estimate of drug-likeness (QED) is 0.466. The highest BCUT2D eigenvalue weighted by molar-refractivity contribution is 5.99. The molecule has 0 saturated heterocycles. The van der Waals surface area contributed by atoms with Crippen molar-refractivity contribution < 1.29 is 19.0 Å². The summed E-state index contributed by atoms with van der Waals surface area (Å²) in [5.74, 6) is 1.94. The van der Waals surface area contributed by atoms with Crippen LogP contribution in [0.2, 0.25) is 0 Å². The molecule has 0 fully saturated rings. The fraction of sp³-hybridized carbons (Fsp3) is 0.269. The summed E-state index contributed by atoms with van der Waals surface area (Å²) in [6, 6.07) is 6.79. The lowest BCUT2D eigenvalue weighted by atomic mass is 10.2. The van der Waals surface area contributed by atoms with E-state index in [1.165, 1.54) is 7.11 Å². The topological polar surface area (TPSA) is 87.0 Å². The fourth-order valence-corrected chi connectivity index (χ4v) is 2.95. The Labute approximate surface area is 200 Å². The van der Waals surface area contributed by atoms with Crippen molar-refractivity contribution in [2.45, 2.75) is 27.7 Å². The molecule has 0 spiro atoms. The van der Waals surface area contributed by atoms with Gasteiger partial charge in [0.05, 0.1) is 14.2 Å². The van der Waals surface area contributed by atoms with Gasteiger partial charge in [-0.3, -0.25) is 4.79 Å². The number of hydrogen-bond donors (Lipinski definition) is 1. The van der Waals surface area contributed by atoms with Gasteiger partial charge in [-0.05, 0) is 50.3 Å². The van der Waals surface area contributed by atoms with Gasteiger partial charge in [0.25, 0.3) is 5.91 Å². The van der Waals surface area contributed by atoms with Gasteiger partial charge in [-0.1, -0.05) is 26.0 Å². The van der Waals surface area contributed by atoms with Crippen LogP contribution in [0.25, 0.3) is 0 Å². The predicted molar refractivity (Wildman–Crippen MR) is 134 cm³/mol. The second-order valence-corrected chi connectivity index (χ2v) is 6.72. The second kappa shape index (κ2) is 13.5. The summed E-state index contributed by atoms with van der Waals surface area (Å²) >= 11 is 0. The van der Waals surface area contributed by atoms with Crippen molar-refractivity contribution in [3.05, 3.63) is 89.8 Å². The van der Waals surface area contributed by atoms with Gasteiger partial charge in [-0.2, -0.15) is 5.10 Å². The summed E-state index contributed by atoms with van der Waals surface area (Å²) in [4.78, 5) is 17.5. The van der Waals surface area contributed by atoms with E-state index >= 15 is 0 Å². The molecule has 0 radical (unpaired) electrons. The number of hydrogen-bond acceptors (Lipinski definition) is 6. The summed E-state index contributed by atoms with van der Waals surface area (Å²) in [6.07, 6.45) is 12.8. The third-order valence-electron chi connectivity index (χ3n) is 4.52. The van der Waals surface area contributed by atoms with Crippen molar-refractivity contribution in [1.29, 1.82) is 0 Å². The molecule has 0 unspecified atom stereocenters. The molecule has 1 amide bonds. The Morgan fingerprint density at radius 1 is 1.24 bits per heavy atom. The largest absolute Gasteiger partial charge is 0.493 e. The van der Waals surface area contributed by atoms with Crippen molar-refractivity contribution in [3.63, 3.8) is 0 Å². The maximum atomic E-state index is 12.8. The Bertz CT molecular complexity index is 1110. The van der Waals surface area contributed by atoms with Crippen molar-refractivity contribution >= 4 is 11.7 Å². The van der Waals surface area contributed by atoms with E-state index in [0.29, 0.717) is 46.7 Å². The summed E-state index contributed by atoms with van der Waals surface area (Å²) in [7, 11) is 3.07. The maximum Gasteiger partial charge on any atom is 0.255 e. The lowest BCUT2D eigenvalue weighted by Crippen LogP contribution is -2.23. The number of aromatic nitrogens is 2. The van der Waals surface area contributed by atoms with Crippen LogP contribution in [0.15, 0.2) is 89.2 Å². The molecule has 2 heterocycles. The number of benzene rings is 1. The third kappa shape index (κ3) is 6.96. The standard InChI is InChI=1S/C24H26N4O4.C2H6/c1-5-19(20-9-6-7-14-32-20)27-23(28-13-8-12-25-28)15-17(2)26-24(29)18-10-11-21(30-3)22(16-18)31-4;1-2/h5-13,15-16H,14H2,1-4H3,(H,26,29);1-2H3/b17-15+,19-5+,27-23-;. The predicted octanol–water partition coefficient (Wildman–Crippen LogP) is 4.88. The molecule has 180 valence electrons. The van der Waals surface area contributed by atoms with E-state index in [1.807, 2.05) is 45.1 Å². The van der Waals surface area contributed by atoms with E-state index in [0.717, 1.165) is 0 Å². The smallest absolute Gasteiger partial charge is 0.255 e. The molecule has 0 bridgehead atoms. The van der Waals surface area contributed by atoms with E-state index in [2.05, 4.69) is 10.4 Å². The monoisotopic (exact) mass is 464 g/mol. The zero-order valence-electron chi connectivity index (χ0n) is 20.5. The lowest BCUT2D eigenvalue weighted by Gasteiger charge is -2.13. The van der Waals surface area contributed by atoms with Gasteiger partial charge in [-0.25, -0.2) is 9.67 Å². The van der Waals surface area contributed by atoms with Crippen molar-refractivity contribution in [1.82, 2.24) is 15.1 Å². The molecule has 2 aromatic rings. The molecule has 8 heteroatoms. The van der Waals surface area contributed by atoms with Crippen LogP contribution in [0, 0.1) is 0 Å². The van der Waals surface area contributed by atoms with Crippen LogP contribution in [-0.4, -0.2) is 42.3 Å². The number of amides is 1. The Kier molecular flexibility index (Phi) is 10.4. The highest BCUT2D eigenvalue weighted by atomic mass is 16.5. The van der Waals surface area contributed by atoms with E-state index in [4.69, 9.17) is 19.2 Å². The number of nitrogens with zero attached hydrogens (tertiary/aromatic N) is 3. The van der Waals surface area contributed by atoms with E-state index in [9.17, 15) is 4.79 Å². The Morgan fingerprint density at radius 2 is 2.00 bits per heavy atom. The van der Waals surface area contributed by atoms with Crippen LogP contribution in [0.4, 0.5) is 0 Å². The van der Waals surface area contributed by atoms with Gasteiger partial charge in [0, 0.05) is 29.7 Å². The summed E-state index contributed by atoms with van der Waals surface area (Å²) in [5, 5.41) is 7.15. The van der Waals surface area contributed by atoms with Gasteiger partial charge in [0.15, 0.2) is 17.3 Å². The highest BCUT2D eigenvalue weighted by Gasteiger charge is 2.13. The number of carbonyl (C=O) groups is 1. The molecule has 1 aromatic heterocycles. The third-order valence-corrected chi connectivity index (χ3v) is 4.52. The average molecular weight is 465 g/mol. The zero-order chi connectivity index (χ0) is 24.9. The van der Waals surface area contributed by atoms with Gasteiger partial charge in [-0.15, -0.1) is 0 Å². The minimum atomic E-state index is -0.283. The molecule has 34 heavy (non-hydrogen) atoms. The van der Waals surface area contributed by atoms with Crippen molar-refractivity contribution in [2.24, 2.45) is 4.99 Å². The van der Waals surface area contributed by atoms with Gasteiger partial charge in [0.2, 0.25) is 0 Å². The molecule has 0 saturated carbocycles. The first kappa shape index (κ1) is 26.2. The van der Waals surface area contributed by atoms with Gasteiger partial charge >= 0.3 is 0 Å². The number of aliphatic imine (C=N–C) groups is 1. The fourth-order valence-electron chi connectivity index (χ4n) is 2.95. The molecular formula is C26H32N4O4.